The van der Waals surface area contributed by atoms with Gasteiger partial charge in [0.2, 0.25) is 0 Å². The molecule has 0 aliphatic heterocycles. The van der Waals surface area contributed by atoms with Gasteiger partial charge in [0.05, 0.1) is 12.8 Å². The summed E-state index contributed by atoms with van der Waals surface area (Å²) in [6, 6.07) is 10.4. The van der Waals surface area contributed by atoms with Crippen LogP contribution in [0.2, 0.25) is 0 Å². The summed E-state index contributed by atoms with van der Waals surface area (Å²) in [7, 11) is 1.33. The molecule has 1 aromatic heterocycles. The van der Waals surface area contributed by atoms with Crippen LogP contribution in [-0.2, 0) is 16.1 Å². The Hall–Kier alpha value is -3.06. The highest BCUT2D eigenvalue weighted by Gasteiger charge is 2.24. The second-order valence-corrected chi connectivity index (χ2v) is 6.46. The lowest BCUT2D eigenvalue weighted by molar-refractivity contribution is -0.143. The molecule has 1 atom stereocenters. The van der Waals surface area contributed by atoms with Crippen molar-refractivity contribution < 1.29 is 18.3 Å². The van der Waals surface area contributed by atoms with E-state index in [0.717, 1.165) is 21.4 Å². The van der Waals surface area contributed by atoms with Gasteiger partial charge in [-0.05, 0) is 48.7 Å². The van der Waals surface area contributed by atoms with Crippen LogP contribution in [0.4, 0.5) is 8.78 Å². The first-order valence-electron chi connectivity index (χ1n) is 8.78. The number of ether oxygens (including phenoxy) is 1. The average Bonchev–Trinajstić information content (AvgIpc) is 3.12. The Bertz CT molecular complexity index is 961. The number of halogens is 2. The minimum atomic E-state index is -0.703. The molecule has 0 saturated heterocycles. The molecule has 28 heavy (non-hydrogen) atoms. The predicted octanol–water partition coefficient (Wildman–Crippen LogP) is 3.77. The normalized spacial score (nSPS) is 12.0. The number of nitrogens with zero attached hydrogens (tertiary/aromatic N) is 2. The molecule has 0 aliphatic carbocycles. The van der Waals surface area contributed by atoms with E-state index in [0.29, 0.717) is 5.69 Å². The summed E-state index contributed by atoms with van der Waals surface area (Å²) in [5.74, 6) is -1.83. The van der Waals surface area contributed by atoms with Crippen LogP contribution in [-0.4, -0.2) is 22.9 Å². The first-order chi connectivity index (χ1) is 13.4. The average molecular weight is 385 g/mol. The van der Waals surface area contributed by atoms with Crippen molar-refractivity contribution in [3.05, 3.63) is 82.7 Å². The van der Waals surface area contributed by atoms with Gasteiger partial charge in [-0.3, -0.25) is 5.32 Å². The van der Waals surface area contributed by atoms with Crippen LogP contribution in [0, 0.1) is 25.5 Å². The largest absolute Gasteiger partial charge is 0.468 e. The Labute approximate surface area is 161 Å². The van der Waals surface area contributed by atoms with Crippen molar-refractivity contribution in [2.45, 2.75) is 26.4 Å². The monoisotopic (exact) mass is 385 g/mol. The number of benzene rings is 2. The van der Waals surface area contributed by atoms with Gasteiger partial charge in [-0.2, -0.15) is 5.10 Å². The zero-order chi connectivity index (χ0) is 20.3. The molecular weight excluding hydrogens is 364 g/mol. The topological polar surface area (TPSA) is 56.1 Å². The molecule has 0 amide bonds. The number of hydrogen-bond acceptors (Lipinski definition) is 4. The van der Waals surface area contributed by atoms with Gasteiger partial charge < -0.3 is 4.74 Å². The number of aryl methyl sites for hydroxylation is 2. The van der Waals surface area contributed by atoms with Crippen molar-refractivity contribution in [3.63, 3.8) is 0 Å². The summed E-state index contributed by atoms with van der Waals surface area (Å²) >= 11 is 0. The van der Waals surface area contributed by atoms with Crippen molar-refractivity contribution in [3.8, 4) is 5.69 Å². The van der Waals surface area contributed by atoms with Crippen LogP contribution in [0.5, 0.6) is 0 Å². The maximum Gasteiger partial charge on any atom is 0.327 e. The number of para-hydroxylation sites is 1. The molecule has 3 aromatic rings. The smallest absolute Gasteiger partial charge is 0.327 e. The van der Waals surface area contributed by atoms with Crippen molar-refractivity contribution in [2.24, 2.45) is 0 Å². The maximum absolute atomic E-state index is 13.9. The Morgan fingerprint density at radius 3 is 2.32 bits per heavy atom. The molecule has 0 fully saturated rings. The molecule has 5 nitrogen and oxygen atoms in total. The number of methoxy groups -OCH3 is 1. The third-order valence-corrected chi connectivity index (χ3v) is 4.57. The van der Waals surface area contributed by atoms with E-state index in [2.05, 4.69) is 10.4 Å². The fourth-order valence-corrected chi connectivity index (χ4v) is 3.20. The van der Waals surface area contributed by atoms with Gasteiger partial charge in [-0.25, -0.2) is 18.3 Å². The molecule has 146 valence electrons. The number of aromatic nitrogens is 2. The lowest BCUT2D eigenvalue weighted by atomic mass is 9.96. The van der Waals surface area contributed by atoms with E-state index < -0.39 is 23.6 Å². The van der Waals surface area contributed by atoms with Crippen LogP contribution < -0.4 is 5.32 Å². The predicted molar refractivity (Wildman–Crippen MR) is 101 cm³/mol. The fraction of sp³-hybridized carbons (Fsp3) is 0.238. The third-order valence-electron chi connectivity index (χ3n) is 4.57. The van der Waals surface area contributed by atoms with Gasteiger partial charge in [-0.1, -0.05) is 24.3 Å². The van der Waals surface area contributed by atoms with Crippen LogP contribution in [0.15, 0.2) is 48.7 Å². The van der Waals surface area contributed by atoms with Crippen LogP contribution >= 0.6 is 0 Å². The van der Waals surface area contributed by atoms with E-state index >= 15 is 0 Å². The first-order valence-corrected chi connectivity index (χ1v) is 8.78. The second-order valence-electron chi connectivity index (χ2n) is 6.46. The molecule has 1 N–H and O–H groups in total. The summed E-state index contributed by atoms with van der Waals surface area (Å²) in [6.07, 6.45) is 1.48. The highest BCUT2D eigenvalue weighted by atomic mass is 19.1. The molecule has 7 heteroatoms. The molecule has 1 heterocycles. The van der Waals surface area contributed by atoms with Crippen LogP contribution in [0.3, 0.4) is 0 Å². The maximum atomic E-state index is 13.9. The zero-order valence-electron chi connectivity index (χ0n) is 15.9. The van der Waals surface area contributed by atoms with Crippen molar-refractivity contribution in [1.29, 1.82) is 0 Å². The van der Waals surface area contributed by atoms with Crippen molar-refractivity contribution in [2.75, 3.05) is 7.11 Å². The third kappa shape index (κ3) is 3.94. The Balaban J connectivity index is 1.84. The molecule has 0 radical (unpaired) electrons. The molecule has 0 aliphatic rings. The Morgan fingerprint density at radius 2 is 1.71 bits per heavy atom. The van der Waals surface area contributed by atoms with E-state index in [9.17, 15) is 13.6 Å². The summed E-state index contributed by atoms with van der Waals surface area (Å²) in [6.45, 7) is 4.07. The van der Waals surface area contributed by atoms with E-state index in [1.54, 1.807) is 6.07 Å². The SMILES string of the molecule is COC(=O)C(NCc1ccn(-c2c(F)cccc2F)n1)c1c(C)cccc1C. The number of esters is 1. The van der Waals surface area contributed by atoms with E-state index in [1.165, 1.54) is 31.5 Å². The molecular formula is C21H21F2N3O2. The minimum absolute atomic E-state index is 0.219. The van der Waals surface area contributed by atoms with Crippen molar-refractivity contribution in [1.82, 2.24) is 15.1 Å². The second kappa shape index (κ2) is 8.31. The summed E-state index contributed by atoms with van der Waals surface area (Å²) in [5.41, 5.74) is 3.05. The highest BCUT2D eigenvalue weighted by Crippen LogP contribution is 2.24. The summed E-state index contributed by atoms with van der Waals surface area (Å²) < 4.78 is 34.0. The Morgan fingerprint density at radius 1 is 1.11 bits per heavy atom. The van der Waals surface area contributed by atoms with E-state index in [-0.39, 0.29) is 12.2 Å². The van der Waals surface area contributed by atoms with Gasteiger partial charge in [0.25, 0.3) is 0 Å². The van der Waals surface area contributed by atoms with Gasteiger partial charge in [0.1, 0.15) is 11.7 Å². The lowest BCUT2D eigenvalue weighted by Gasteiger charge is -2.20. The van der Waals surface area contributed by atoms with Gasteiger partial charge >= 0.3 is 5.97 Å². The van der Waals surface area contributed by atoms with E-state index in [1.807, 2.05) is 32.0 Å². The van der Waals surface area contributed by atoms with Crippen LogP contribution in [0.1, 0.15) is 28.4 Å². The number of carbonyl (C=O) groups is 1. The van der Waals surface area contributed by atoms with Gasteiger partial charge in [0, 0.05) is 12.7 Å². The number of rotatable bonds is 6. The van der Waals surface area contributed by atoms with Crippen LogP contribution in [0.25, 0.3) is 5.69 Å². The zero-order valence-corrected chi connectivity index (χ0v) is 15.9. The fourth-order valence-electron chi connectivity index (χ4n) is 3.20. The Kier molecular flexibility index (Phi) is 5.84. The molecule has 3 rings (SSSR count). The van der Waals surface area contributed by atoms with Crippen molar-refractivity contribution >= 4 is 5.97 Å². The molecule has 2 aromatic carbocycles. The standard InChI is InChI=1S/C21H21F2N3O2/c1-13-6-4-7-14(2)18(13)19(21(27)28-3)24-12-15-10-11-26(25-15)20-16(22)8-5-9-17(20)23/h4-11,19,24H,12H2,1-3H3. The molecule has 0 saturated carbocycles. The quantitative estimate of drug-likeness (QED) is 0.657. The highest BCUT2D eigenvalue weighted by molar-refractivity contribution is 5.78. The molecule has 1 unspecified atom stereocenters. The summed E-state index contributed by atoms with van der Waals surface area (Å²) in [5, 5.41) is 7.36. The minimum Gasteiger partial charge on any atom is -0.468 e. The van der Waals surface area contributed by atoms with E-state index in [4.69, 9.17) is 4.74 Å². The van der Waals surface area contributed by atoms with Gasteiger partial charge in [-0.15, -0.1) is 0 Å². The lowest BCUT2D eigenvalue weighted by Crippen LogP contribution is -2.30. The summed E-state index contributed by atoms with van der Waals surface area (Å²) in [4.78, 5) is 12.3. The number of hydrogen-bond donors (Lipinski definition) is 1. The first kappa shape index (κ1) is 19.7. The van der Waals surface area contributed by atoms with Gasteiger partial charge in [0.15, 0.2) is 11.6 Å². The number of nitrogens with one attached hydrogen (secondary N) is 1. The molecule has 0 bridgehead atoms. The molecule has 0 spiro atoms. The number of carbonyl (C=O) groups excluding carboxylic acids is 1.